The molecule has 6 rings (SSSR count). The highest BCUT2D eigenvalue weighted by Gasteiger charge is 2.55. The highest BCUT2D eigenvalue weighted by molar-refractivity contribution is 5.70. The highest BCUT2D eigenvalue weighted by Crippen LogP contribution is 2.62. The van der Waals surface area contributed by atoms with Gasteiger partial charge < -0.3 is 9.09 Å². The van der Waals surface area contributed by atoms with Crippen LogP contribution < -0.4 is 5.56 Å². The smallest absolute Gasteiger partial charge is 0.296 e. The molecular weight excluding hydrogens is 370 g/mol. The van der Waals surface area contributed by atoms with Gasteiger partial charge in [0.05, 0.1) is 6.33 Å². The second-order valence-corrected chi connectivity index (χ2v) is 7.66. The lowest BCUT2D eigenvalue weighted by atomic mass is 10.0. The fraction of sp³-hybridized carbons (Fsp3) is 0.300. The van der Waals surface area contributed by atoms with Gasteiger partial charge in [-0.1, -0.05) is 46.8 Å². The van der Waals surface area contributed by atoms with E-state index in [9.17, 15) is 4.79 Å². The van der Waals surface area contributed by atoms with Crippen LogP contribution in [0.3, 0.4) is 0 Å². The Labute approximate surface area is 164 Å². The van der Waals surface area contributed by atoms with Crippen LogP contribution in [-0.4, -0.2) is 34.7 Å². The first kappa shape index (κ1) is 16.3. The van der Waals surface area contributed by atoms with Crippen LogP contribution in [0.25, 0.3) is 16.7 Å². The van der Waals surface area contributed by atoms with E-state index in [0.29, 0.717) is 40.6 Å². The van der Waals surface area contributed by atoms with E-state index in [-0.39, 0.29) is 12.1 Å². The van der Waals surface area contributed by atoms with Gasteiger partial charge in [0.2, 0.25) is 11.5 Å². The Bertz CT molecular complexity index is 1320. The quantitative estimate of drug-likeness (QED) is 0.525. The molecule has 0 aliphatic heterocycles. The van der Waals surface area contributed by atoms with E-state index < -0.39 is 0 Å². The third-order valence-electron chi connectivity index (χ3n) is 5.89. The summed E-state index contributed by atoms with van der Waals surface area (Å²) in [6, 6.07) is 10.5. The Hall–Kier alpha value is -3.62. The van der Waals surface area contributed by atoms with Gasteiger partial charge in [-0.3, -0.25) is 4.79 Å². The van der Waals surface area contributed by atoms with Crippen molar-refractivity contribution in [1.29, 1.82) is 0 Å². The average molecular weight is 387 g/mol. The van der Waals surface area contributed by atoms with Crippen LogP contribution in [0.5, 0.6) is 0 Å². The Morgan fingerprint density at radius 1 is 1.24 bits per heavy atom. The van der Waals surface area contributed by atoms with Crippen molar-refractivity contribution < 1.29 is 4.52 Å². The molecule has 0 bridgehead atoms. The van der Waals surface area contributed by atoms with Crippen molar-refractivity contribution in [3.05, 3.63) is 70.4 Å². The number of fused-ring (bicyclic) bond motifs is 2. The lowest BCUT2D eigenvalue weighted by molar-refractivity contribution is 0.356. The van der Waals surface area contributed by atoms with Crippen molar-refractivity contribution in [1.82, 2.24) is 34.7 Å². The predicted octanol–water partition coefficient (Wildman–Crippen LogP) is 1.77. The van der Waals surface area contributed by atoms with Crippen LogP contribution in [-0.2, 0) is 13.6 Å². The van der Waals surface area contributed by atoms with Crippen molar-refractivity contribution in [2.75, 3.05) is 0 Å². The number of hydrogen-bond acceptors (Lipinski definition) is 7. The minimum Gasteiger partial charge on any atom is -0.337 e. The number of aromatic nitrogens is 7. The zero-order valence-corrected chi connectivity index (χ0v) is 15.6. The monoisotopic (exact) mass is 387 g/mol. The molecular formula is C20H17N7O2. The maximum atomic E-state index is 12.6. The second-order valence-electron chi connectivity index (χ2n) is 7.66. The highest BCUT2D eigenvalue weighted by atomic mass is 16.5. The molecule has 9 heteroatoms. The van der Waals surface area contributed by atoms with E-state index in [1.54, 1.807) is 17.9 Å². The third kappa shape index (κ3) is 2.54. The summed E-state index contributed by atoms with van der Waals surface area (Å²) >= 11 is 0. The van der Waals surface area contributed by atoms with E-state index in [1.807, 2.05) is 6.07 Å². The van der Waals surface area contributed by atoms with Crippen LogP contribution in [0.2, 0.25) is 0 Å². The molecule has 1 saturated carbocycles. The van der Waals surface area contributed by atoms with Gasteiger partial charge in [-0.15, -0.1) is 5.10 Å². The Kier molecular flexibility index (Phi) is 3.35. The first-order valence-electron chi connectivity index (χ1n) is 9.52. The number of allylic oxidation sites excluding steroid dienone is 2. The number of benzene rings is 1. The average Bonchev–Trinajstić information content (AvgIpc) is 3.16. The topological polar surface area (TPSA) is 105 Å². The molecule has 3 aromatic heterocycles. The van der Waals surface area contributed by atoms with Crippen molar-refractivity contribution in [3.63, 3.8) is 0 Å². The summed E-state index contributed by atoms with van der Waals surface area (Å²) in [6.45, 7) is 0.0904. The standard InChI is InChI=1S/C20H17N7O2/c1-26-10-21-19-17(26)20(28)27(25-23-19)9-15-22-18(24-29-15)16-13-7-12(8-14(13)16)11-5-3-2-4-6-11/h2-7,10,13-14,16H,8-9H2,1H3/t13-,14+,16+/m1/s1. The molecule has 144 valence electrons. The molecule has 2 aliphatic carbocycles. The van der Waals surface area contributed by atoms with Gasteiger partial charge in [0.1, 0.15) is 6.54 Å². The molecule has 0 N–H and O–H groups in total. The van der Waals surface area contributed by atoms with Gasteiger partial charge in [0.15, 0.2) is 11.3 Å². The maximum absolute atomic E-state index is 12.6. The van der Waals surface area contributed by atoms with Crippen molar-refractivity contribution >= 4 is 16.7 Å². The summed E-state index contributed by atoms with van der Waals surface area (Å²) in [5, 5.41) is 12.1. The minimum atomic E-state index is -0.284. The number of nitrogens with zero attached hydrogens (tertiary/aromatic N) is 7. The molecule has 1 aromatic carbocycles. The molecule has 0 saturated heterocycles. The molecule has 3 heterocycles. The summed E-state index contributed by atoms with van der Waals surface area (Å²) in [5.41, 5.74) is 3.12. The van der Waals surface area contributed by atoms with Gasteiger partial charge in [0.25, 0.3) is 5.56 Å². The second kappa shape index (κ2) is 5.94. The number of imidazole rings is 1. The minimum absolute atomic E-state index is 0.0904. The number of aryl methyl sites for hydroxylation is 1. The summed E-state index contributed by atoms with van der Waals surface area (Å²) in [5.74, 6) is 2.35. The largest absolute Gasteiger partial charge is 0.337 e. The Balaban J connectivity index is 1.22. The van der Waals surface area contributed by atoms with Gasteiger partial charge >= 0.3 is 0 Å². The molecule has 9 nitrogen and oxygen atoms in total. The third-order valence-corrected chi connectivity index (χ3v) is 5.89. The van der Waals surface area contributed by atoms with Crippen molar-refractivity contribution in [2.45, 2.75) is 18.9 Å². The first-order chi connectivity index (χ1) is 14.2. The molecule has 2 aliphatic rings. The fourth-order valence-electron chi connectivity index (χ4n) is 4.37. The Morgan fingerprint density at radius 3 is 2.90 bits per heavy atom. The van der Waals surface area contributed by atoms with Crippen LogP contribution in [0.4, 0.5) is 0 Å². The molecule has 29 heavy (non-hydrogen) atoms. The Morgan fingerprint density at radius 2 is 2.10 bits per heavy atom. The molecule has 4 aromatic rings. The van der Waals surface area contributed by atoms with Crippen molar-refractivity contribution in [2.24, 2.45) is 18.9 Å². The van der Waals surface area contributed by atoms with Gasteiger partial charge in [0, 0.05) is 13.0 Å². The van der Waals surface area contributed by atoms with Crippen LogP contribution >= 0.6 is 0 Å². The van der Waals surface area contributed by atoms with Gasteiger partial charge in [-0.2, -0.15) is 9.67 Å². The zero-order chi connectivity index (χ0) is 19.5. The van der Waals surface area contributed by atoms with E-state index >= 15 is 0 Å². The molecule has 3 atom stereocenters. The molecule has 0 spiro atoms. The lowest BCUT2D eigenvalue weighted by Gasteiger charge is -2.04. The molecule has 0 amide bonds. The SMILES string of the molecule is Cn1cnc2nnn(Cc3nc([C@H]4[C@@H]5C=C(c6ccccc6)C[C@@H]54)no3)c(=O)c21. The predicted molar refractivity (Wildman–Crippen MR) is 103 cm³/mol. The van der Waals surface area contributed by atoms with Gasteiger partial charge in [-0.05, 0) is 29.4 Å². The zero-order valence-electron chi connectivity index (χ0n) is 15.6. The summed E-state index contributed by atoms with van der Waals surface area (Å²) in [6.07, 6.45) is 4.91. The fourth-order valence-corrected chi connectivity index (χ4v) is 4.37. The normalized spacial score (nSPS) is 22.7. The van der Waals surface area contributed by atoms with Crippen LogP contribution in [0, 0.1) is 11.8 Å². The molecule has 1 fully saturated rings. The molecule has 0 radical (unpaired) electrons. The van der Waals surface area contributed by atoms with Crippen LogP contribution in [0.15, 0.2) is 52.1 Å². The van der Waals surface area contributed by atoms with E-state index in [4.69, 9.17) is 4.52 Å². The van der Waals surface area contributed by atoms with E-state index in [2.05, 4.69) is 55.8 Å². The first-order valence-corrected chi connectivity index (χ1v) is 9.52. The van der Waals surface area contributed by atoms with Crippen LogP contribution in [0.1, 0.15) is 29.6 Å². The molecule has 0 unspecified atom stereocenters. The maximum Gasteiger partial charge on any atom is 0.296 e. The lowest BCUT2D eigenvalue weighted by Crippen LogP contribution is -2.26. The summed E-state index contributed by atoms with van der Waals surface area (Å²) < 4.78 is 8.25. The van der Waals surface area contributed by atoms with Crippen molar-refractivity contribution in [3.8, 4) is 0 Å². The summed E-state index contributed by atoms with van der Waals surface area (Å²) in [7, 11) is 1.75. The van der Waals surface area contributed by atoms with Gasteiger partial charge in [-0.25, -0.2) is 4.98 Å². The number of rotatable bonds is 4. The van der Waals surface area contributed by atoms with E-state index in [0.717, 1.165) is 6.42 Å². The summed E-state index contributed by atoms with van der Waals surface area (Å²) in [4.78, 5) is 21.2. The number of hydrogen-bond donors (Lipinski definition) is 0. The van der Waals surface area contributed by atoms with E-state index in [1.165, 1.54) is 15.8 Å².